The second kappa shape index (κ2) is 8.87. The summed E-state index contributed by atoms with van der Waals surface area (Å²) in [4.78, 5) is 0. The monoisotopic (exact) mass is 150 g/mol. The van der Waals surface area contributed by atoms with Crippen LogP contribution in [0.1, 0.15) is 0 Å². The first-order chi connectivity index (χ1) is 1.91. The minimum atomic E-state index is 0. The standard InChI is InChI=1S/C2H4S2.Ni/c3-1-2-4;/h1-4H;. The molecule has 34 valence electrons. The van der Waals surface area contributed by atoms with Crippen molar-refractivity contribution >= 4 is 25.3 Å². The summed E-state index contributed by atoms with van der Waals surface area (Å²) < 4.78 is 0. The Kier molecular flexibility index (Phi) is 16.6. The Morgan fingerprint density at radius 1 is 1.00 bits per heavy atom. The van der Waals surface area contributed by atoms with Gasteiger partial charge >= 0.3 is 0 Å². The Bertz CT molecular complexity index is 22.8. The molecule has 0 nitrogen and oxygen atoms in total. The van der Waals surface area contributed by atoms with Gasteiger partial charge in [0.05, 0.1) is 0 Å². The molecule has 0 bridgehead atoms. The molecule has 0 aromatic carbocycles. The fraction of sp³-hybridized carbons (Fsp3) is 0. The third kappa shape index (κ3) is 11.4. The van der Waals surface area contributed by atoms with Crippen LogP contribution < -0.4 is 0 Å². The van der Waals surface area contributed by atoms with Gasteiger partial charge in [0.1, 0.15) is 0 Å². The van der Waals surface area contributed by atoms with Crippen molar-refractivity contribution in [2.45, 2.75) is 0 Å². The second-order valence-electron chi connectivity index (χ2n) is 0.298. The zero-order valence-electron chi connectivity index (χ0n) is 2.37. The summed E-state index contributed by atoms with van der Waals surface area (Å²) in [6.45, 7) is 0. The summed E-state index contributed by atoms with van der Waals surface area (Å²) in [5, 5.41) is 3.12. The van der Waals surface area contributed by atoms with E-state index in [2.05, 4.69) is 25.3 Å². The molecule has 0 aliphatic rings. The van der Waals surface area contributed by atoms with E-state index in [9.17, 15) is 0 Å². The maximum Gasteiger partial charge on any atom is 0 e. The van der Waals surface area contributed by atoms with Crippen molar-refractivity contribution in [1.29, 1.82) is 0 Å². The molecule has 0 rings (SSSR count). The van der Waals surface area contributed by atoms with Crippen LogP contribution in [-0.4, -0.2) is 0 Å². The first-order valence-electron chi connectivity index (χ1n) is 0.850. The molecule has 0 aromatic heterocycles. The predicted molar refractivity (Wildman–Crippen MR) is 27.1 cm³/mol. The summed E-state index contributed by atoms with van der Waals surface area (Å²) in [5.74, 6) is 0. The first-order valence-corrected chi connectivity index (χ1v) is 1.88. The van der Waals surface area contributed by atoms with Gasteiger partial charge < -0.3 is 0 Å². The molecule has 0 fully saturated rings. The molecule has 0 aliphatic carbocycles. The van der Waals surface area contributed by atoms with E-state index in [1.807, 2.05) is 0 Å². The van der Waals surface area contributed by atoms with Crippen LogP contribution in [0.5, 0.6) is 0 Å². The van der Waals surface area contributed by atoms with Crippen LogP contribution in [0.25, 0.3) is 0 Å². The summed E-state index contributed by atoms with van der Waals surface area (Å²) in [6.07, 6.45) is 0. The van der Waals surface area contributed by atoms with E-state index in [0.29, 0.717) is 0 Å². The Labute approximate surface area is 52.8 Å². The summed E-state index contributed by atoms with van der Waals surface area (Å²) in [6, 6.07) is 0. The van der Waals surface area contributed by atoms with Crippen molar-refractivity contribution in [2.24, 2.45) is 0 Å². The smallest absolute Gasteiger partial charge is 0 e. The van der Waals surface area contributed by atoms with Crippen molar-refractivity contribution in [2.75, 3.05) is 0 Å². The van der Waals surface area contributed by atoms with Crippen LogP contribution in [0.15, 0.2) is 10.8 Å². The molecule has 0 N–H and O–H groups in total. The molecule has 0 radical (unpaired) electrons. The Morgan fingerprint density at radius 2 is 1.20 bits per heavy atom. The molecule has 0 heterocycles. The van der Waals surface area contributed by atoms with Gasteiger partial charge in [0, 0.05) is 16.5 Å². The van der Waals surface area contributed by atoms with E-state index < -0.39 is 0 Å². The second-order valence-corrected chi connectivity index (χ2v) is 0.894. The molecule has 0 aliphatic heterocycles. The molecule has 0 spiro atoms. The van der Waals surface area contributed by atoms with Crippen molar-refractivity contribution in [1.82, 2.24) is 0 Å². The number of rotatable bonds is 0. The average molecular weight is 151 g/mol. The van der Waals surface area contributed by atoms with Crippen LogP contribution >= 0.6 is 25.3 Å². The van der Waals surface area contributed by atoms with Crippen molar-refractivity contribution < 1.29 is 16.5 Å². The fourth-order valence-corrected chi connectivity index (χ4v) is 0. The third-order valence-electron chi connectivity index (χ3n) is 0.0667. The van der Waals surface area contributed by atoms with Crippen LogP contribution in [0.2, 0.25) is 0 Å². The van der Waals surface area contributed by atoms with Crippen molar-refractivity contribution in [3.05, 3.63) is 10.8 Å². The maximum absolute atomic E-state index is 3.66. The maximum atomic E-state index is 3.66. The predicted octanol–water partition coefficient (Wildman–Crippen LogP) is 1.31. The SMILES string of the molecule is SC=CS.[Ni]. The van der Waals surface area contributed by atoms with E-state index in [0.717, 1.165) is 0 Å². The third-order valence-corrected chi connectivity index (χ3v) is 0.600. The van der Waals surface area contributed by atoms with Gasteiger partial charge in [-0.05, 0) is 10.8 Å². The van der Waals surface area contributed by atoms with Crippen LogP contribution in [0, 0.1) is 0 Å². The summed E-state index contributed by atoms with van der Waals surface area (Å²) in [7, 11) is 0. The molecule has 0 saturated heterocycles. The van der Waals surface area contributed by atoms with E-state index in [1.54, 1.807) is 10.8 Å². The van der Waals surface area contributed by atoms with Gasteiger partial charge in [-0.15, -0.1) is 0 Å². The number of thiol groups is 2. The molecule has 0 saturated carbocycles. The number of hydrogen-bond acceptors (Lipinski definition) is 2. The van der Waals surface area contributed by atoms with Crippen LogP contribution in [-0.2, 0) is 16.5 Å². The topological polar surface area (TPSA) is 0 Å². The Morgan fingerprint density at radius 3 is 1.20 bits per heavy atom. The molecule has 0 unspecified atom stereocenters. The molecule has 0 atom stereocenters. The zero-order valence-corrected chi connectivity index (χ0v) is 5.14. The fourth-order valence-electron chi connectivity index (χ4n) is 0. The summed E-state index contributed by atoms with van der Waals surface area (Å²) in [5.41, 5.74) is 0. The van der Waals surface area contributed by atoms with Gasteiger partial charge in [0.15, 0.2) is 0 Å². The molecule has 3 heteroatoms. The van der Waals surface area contributed by atoms with Gasteiger partial charge in [0.25, 0.3) is 0 Å². The van der Waals surface area contributed by atoms with E-state index in [-0.39, 0.29) is 16.5 Å². The van der Waals surface area contributed by atoms with E-state index >= 15 is 0 Å². The number of hydrogen-bond donors (Lipinski definition) is 2. The average Bonchev–Trinajstić information content (AvgIpc) is 1.37. The van der Waals surface area contributed by atoms with E-state index in [1.165, 1.54) is 0 Å². The van der Waals surface area contributed by atoms with Crippen molar-refractivity contribution in [3.8, 4) is 0 Å². The van der Waals surface area contributed by atoms with Gasteiger partial charge in [-0.3, -0.25) is 0 Å². The van der Waals surface area contributed by atoms with Gasteiger partial charge in [-0.25, -0.2) is 0 Å². The van der Waals surface area contributed by atoms with Gasteiger partial charge in [-0.2, -0.15) is 25.3 Å². The molecular weight excluding hydrogens is 147 g/mol. The van der Waals surface area contributed by atoms with Gasteiger partial charge in [0.2, 0.25) is 0 Å². The quantitative estimate of drug-likeness (QED) is 0.378. The molecule has 0 aromatic rings. The van der Waals surface area contributed by atoms with Crippen molar-refractivity contribution in [3.63, 3.8) is 0 Å². The van der Waals surface area contributed by atoms with Crippen LogP contribution in [0.3, 0.4) is 0 Å². The largest absolute Gasteiger partial charge is 0.151 e. The van der Waals surface area contributed by atoms with Crippen LogP contribution in [0.4, 0.5) is 0 Å². The molecular formula is C2H4NiS2. The minimum absolute atomic E-state index is 0. The van der Waals surface area contributed by atoms with E-state index in [4.69, 9.17) is 0 Å². The normalized spacial score (nSPS) is 7.60. The first kappa shape index (κ1) is 9.33. The molecule has 0 amide bonds. The molecule has 5 heavy (non-hydrogen) atoms. The minimum Gasteiger partial charge on any atom is -0.151 e. The Hall–Kier alpha value is 0.934. The van der Waals surface area contributed by atoms with Gasteiger partial charge in [-0.1, -0.05) is 0 Å². The summed E-state index contributed by atoms with van der Waals surface area (Å²) >= 11 is 7.33. The Balaban J connectivity index is 0. The zero-order chi connectivity index (χ0) is 3.41.